The summed E-state index contributed by atoms with van der Waals surface area (Å²) in [4.78, 5) is 61.4. The number of nitrogens with zero attached hydrogens (tertiary/aromatic N) is 6. The standard InChI is InChI=1S/C32H38N10O8S/c1-41(14-12-36-32(33)34)30(46)20-7-9-24-23(15-20)19-42(31(47)25(39-24)16-28(43)44)13-4-11-35-29(45)22-8-10-27(37-17-22)40-38-18-21-5-2-3-6-26(21)51(48,49)50/h2-3,5-10,15,17,25,39H,4,11-14,16,18-19H2,1H3,(H,35,45)(H,43,44)(H4,33,34,36)(H,48,49,50)/t25-/m0/s1. The van der Waals surface area contributed by atoms with E-state index >= 15 is 0 Å². The number of hydrogen-bond donors (Lipinski definition) is 6. The minimum atomic E-state index is -4.42. The maximum Gasteiger partial charge on any atom is 0.305 e. The van der Waals surface area contributed by atoms with Crippen LogP contribution >= 0.6 is 0 Å². The Kier molecular flexibility index (Phi) is 12.7. The van der Waals surface area contributed by atoms with Gasteiger partial charge in [0.2, 0.25) is 5.91 Å². The summed E-state index contributed by atoms with van der Waals surface area (Å²) in [6, 6.07) is 12.6. The molecule has 19 heteroatoms. The summed E-state index contributed by atoms with van der Waals surface area (Å²) in [5.41, 5.74) is 12.7. The second-order valence-corrected chi connectivity index (χ2v) is 12.8. The summed E-state index contributed by atoms with van der Waals surface area (Å²) in [5, 5.41) is 23.1. The van der Waals surface area contributed by atoms with Gasteiger partial charge in [-0.25, -0.2) is 4.98 Å². The quantitative estimate of drug-likeness (QED) is 0.0427. The van der Waals surface area contributed by atoms with Gasteiger partial charge in [-0.1, -0.05) is 18.2 Å². The molecular formula is C32H38N10O8S. The van der Waals surface area contributed by atoms with Gasteiger partial charge in [-0.15, -0.1) is 5.11 Å². The van der Waals surface area contributed by atoms with E-state index in [1.54, 1.807) is 31.3 Å². The molecule has 8 N–H and O–H groups in total. The number of aliphatic imine (C=N–C) groups is 1. The van der Waals surface area contributed by atoms with Crippen molar-refractivity contribution in [1.29, 1.82) is 0 Å². The molecular weight excluding hydrogens is 684 g/mol. The fourth-order valence-corrected chi connectivity index (χ4v) is 5.84. The highest BCUT2D eigenvalue weighted by molar-refractivity contribution is 7.85. The van der Waals surface area contributed by atoms with Gasteiger partial charge < -0.3 is 37.0 Å². The molecule has 1 aliphatic heterocycles. The Bertz CT molecular complexity index is 1930. The van der Waals surface area contributed by atoms with Crippen LogP contribution in [0.4, 0.5) is 11.5 Å². The first kappa shape index (κ1) is 37.9. The first-order valence-corrected chi connectivity index (χ1v) is 17.0. The molecule has 51 heavy (non-hydrogen) atoms. The number of amides is 3. The molecule has 0 bridgehead atoms. The number of benzene rings is 2. The molecule has 0 radical (unpaired) electrons. The molecule has 0 unspecified atom stereocenters. The predicted molar refractivity (Wildman–Crippen MR) is 185 cm³/mol. The van der Waals surface area contributed by atoms with Crippen molar-refractivity contribution in [2.75, 3.05) is 38.5 Å². The number of nitrogens with one attached hydrogen (secondary N) is 2. The number of hydrogen-bond acceptors (Lipinski definition) is 11. The van der Waals surface area contributed by atoms with Crippen LogP contribution in [0, 0.1) is 0 Å². The minimum Gasteiger partial charge on any atom is -0.481 e. The lowest BCUT2D eigenvalue weighted by molar-refractivity contribution is -0.141. The molecule has 0 spiro atoms. The number of nitrogens with two attached hydrogens (primary N) is 2. The molecule has 1 aromatic heterocycles. The Morgan fingerprint density at radius 2 is 1.86 bits per heavy atom. The number of anilines is 1. The molecule has 1 aliphatic rings. The molecule has 18 nitrogen and oxygen atoms in total. The van der Waals surface area contributed by atoms with Gasteiger partial charge in [0.25, 0.3) is 21.9 Å². The number of carbonyl (C=O) groups is 4. The normalized spacial score (nSPS) is 14.3. The van der Waals surface area contributed by atoms with Gasteiger partial charge in [0.15, 0.2) is 11.8 Å². The number of carboxylic acid groups (broad SMARTS) is 1. The van der Waals surface area contributed by atoms with Gasteiger partial charge in [-0.2, -0.15) is 13.5 Å². The summed E-state index contributed by atoms with van der Waals surface area (Å²) in [7, 11) is -2.81. The second-order valence-electron chi connectivity index (χ2n) is 11.5. The van der Waals surface area contributed by atoms with Crippen LogP contribution in [-0.4, -0.2) is 102 Å². The van der Waals surface area contributed by atoms with Gasteiger partial charge in [0.05, 0.1) is 30.0 Å². The summed E-state index contributed by atoms with van der Waals surface area (Å²) >= 11 is 0. The van der Waals surface area contributed by atoms with Gasteiger partial charge in [0.1, 0.15) is 6.04 Å². The molecule has 3 amide bonds. The number of aromatic nitrogens is 1. The van der Waals surface area contributed by atoms with E-state index in [-0.39, 0.29) is 73.0 Å². The molecule has 3 aromatic rings. The summed E-state index contributed by atoms with van der Waals surface area (Å²) in [6.45, 7) is 0.833. The van der Waals surface area contributed by atoms with Gasteiger partial charge in [0, 0.05) is 50.7 Å². The van der Waals surface area contributed by atoms with Crippen molar-refractivity contribution in [3.05, 3.63) is 83.0 Å². The predicted octanol–water partition coefficient (Wildman–Crippen LogP) is 1.38. The molecule has 0 saturated carbocycles. The maximum atomic E-state index is 13.4. The average Bonchev–Trinajstić information content (AvgIpc) is 3.21. The van der Waals surface area contributed by atoms with E-state index in [4.69, 9.17) is 11.5 Å². The zero-order chi connectivity index (χ0) is 37.1. The van der Waals surface area contributed by atoms with Crippen molar-refractivity contribution in [3.8, 4) is 0 Å². The number of guanidine groups is 1. The van der Waals surface area contributed by atoms with Crippen molar-refractivity contribution < 1.29 is 37.3 Å². The lowest BCUT2D eigenvalue weighted by atomic mass is 10.1. The molecule has 270 valence electrons. The number of rotatable bonds is 15. The summed E-state index contributed by atoms with van der Waals surface area (Å²) in [5.74, 6) is -2.23. The van der Waals surface area contributed by atoms with E-state index in [9.17, 15) is 37.3 Å². The van der Waals surface area contributed by atoms with Crippen LogP contribution in [-0.2, 0) is 32.8 Å². The van der Waals surface area contributed by atoms with E-state index in [1.807, 2.05) is 0 Å². The molecule has 0 fully saturated rings. The third-order valence-electron chi connectivity index (χ3n) is 7.67. The topological polar surface area (TPSA) is 275 Å². The largest absolute Gasteiger partial charge is 0.481 e. The number of pyridine rings is 1. The first-order valence-electron chi connectivity index (χ1n) is 15.6. The zero-order valence-corrected chi connectivity index (χ0v) is 28.4. The van der Waals surface area contributed by atoms with E-state index in [0.717, 1.165) is 0 Å². The van der Waals surface area contributed by atoms with Crippen molar-refractivity contribution in [1.82, 2.24) is 20.1 Å². The third-order valence-corrected chi connectivity index (χ3v) is 8.63. The van der Waals surface area contributed by atoms with Crippen LogP contribution in [0.2, 0.25) is 0 Å². The Morgan fingerprint density at radius 3 is 2.55 bits per heavy atom. The van der Waals surface area contributed by atoms with Crippen molar-refractivity contribution in [2.24, 2.45) is 26.7 Å². The van der Waals surface area contributed by atoms with Crippen LogP contribution in [0.25, 0.3) is 0 Å². The van der Waals surface area contributed by atoms with E-state index in [2.05, 4.69) is 30.8 Å². The Balaban J connectivity index is 1.35. The van der Waals surface area contributed by atoms with Crippen molar-refractivity contribution >= 4 is 51.3 Å². The van der Waals surface area contributed by atoms with Crippen LogP contribution in [0.5, 0.6) is 0 Å². The van der Waals surface area contributed by atoms with Gasteiger partial charge >= 0.3 is 5.97 Å². The highest BCUT2D eigenvalue weighted by atomic mass is 32.2. The Morgan fingerprint density at radius 1 is 1.12 bits per heavy atom. The number of carboxylic acids is 1. The Labute approximate surface area is 293 Å². The molecule has 0 saturated heterocycles. The van der Waals surface area contributed by atoms with Crippen LogP contribution in [0.3, 0.4) is 0 Å². The van der Waals surface area contributed by atoms with Crippen LogP contribution in [0.15, 0.2) is 80.9 Å². The molecule has 0 aliphatic carbocycles. The monoisotopic (exact) mass is 722 g/mol. The lowest BCUT2D eigenvalue weighted by Gasteiger charge is -2.24. The highest BCUT2D eigenvalue weighted by Gasteiger charge is 2.31. The van der Waals surface area contributed by atoms with Gasteiger partial charge in [-0.05, 0) is 53.9 Å². The summed E-state index contributed by atoms with van der Waals surface area (Å²) in [6.07, 6.45) is 1.17. The second kappa shape index (κ2) is 17.1. The van der Waals surface area contributed by atoms with Crippen LogP contribution in [0.1, 0.15) is 44.7 Å². The number of azo groups is 1. The zero-order valence-electron chi connectivity index (χ0n) is 27.6. The fourth-order valence-electron chi connectivity index (χ4n) is 5.13. The minimum absolute atomic E-state index is 0.0823. The number of carbonyl (C=O) groups excluding carboxylic acids is 3. The molecule has 1 atom stereocenters. The molecule has 4 rings (SSSR count). The molecule has 2 heterocycles. The average molecular weight is 723 g/mol. The van der Waals surface area contributed by atoms with Crippen LogP contribution < -0.4 is 22.1 Å². The lowest BCUT2D eigenvalue weighted by Crippen LogP contribution is -2.42. The molecule has 2 aromatic carbocycles. The van der Waals surface area contributed by atoms with E-state index in [1.165, 1.54) is 46.3 Å². The number of aliphatic carboxylic acids is 1. The van der Waals surface area contributed by atoms with Gasteiger partial charge in [-0.3, -0.25) is 28.7 Å². The fraction of sp³-hybridized carbons (Fsp3) is 0.312. The third kappa shape index (κ3) is 10.8. The number of fused-ring (bicyclic) bond motifs is 1. The highest BCUT2D eigenvalue weighted by Crippen LogP contribution is 2.26. The van der Waals surface area contributed by atoms with E-state index in [0.29, 0.717) is 23.2 Å². The first-order chi connectivity index (χ1) is 24.2. The van der Waals surface area contributed by atoms with E-state index < -0.39 is 40.4 Å². The Hall–Kier alpha value is -5.95. The maximum absolute atomic E-state index is 13.4. The SMILES string of the molecule is CN(CCN=C(N)N)C(=O)c1ccc2c(c1)CN(CCCNC(=O)c1ccc(N=NCc3ccccc3S(=O)(=O)O)nc1)C(=O)[C@H](CC(=O)O)N2. The summed E-state index contributed by atoms with van der Waals surface area (Å²) < 4.78 is 32.5. The van der Waals surface area contributed by atoms with Crippen molar-refractivity contribution in [3.63, 3.8) is 0 Å². The number of likely N-dealkylation sites (N-methyl/N-ethyl adjacent to an activating group) is 1. The smallest absolute Gasteiger partial charge is 0.305 e. The van der Waals surface area contributed by atoms with Crippen molar-refractivity contribution in [2.45, 2.75) is 36.9 Å².